The summed E-state index contributed by atoms with van der Waals surface area (Å²) < 4.78 is 6.77. The van der Waals surface area contributed by atoms with Crippen LogP contribution >= 0.6 is 0 Å². The number of hydrogen-bond acceptors (Lipinski definition) is 2. The molecule has 0 amide bonds. The van der Waals surface area contributed by atoms with E-state index in [1.807, 2.05) is 0 Å². The molecule has 0 bridgehead atoms. The predicted octanol–water partition coefficient (Wildman–Crippen LogP) is 5.56. The van der Waals surface area contributed by atoms with Crippen molar-refractivity contribution in [2.24, 2.45) is 52.8 Å². The Bertz CT molecular complexity index is 742. The highest BCUT2D eigenvalue weighted by Crippen LogP contribution is 2.80. The van der Waals surface area contributed by atoms with Gasteiger partial charge in [0.2, 0.25) is 0 Å². The highest BCUT2D eigenvalue weighted by Gasteiger charge is 2.78. The first kappa shape index (κ1) is 17.1. The molecule has 0 aromatic rings. The quantitative estimate of drug-likeness (QED) is 0.627. The van der Waals surface area contributed by atoms with Crippen LogP contribution in [0.25, 0.3) is 0 Å². The summed E-state index contributed by atoms with van der Waals surface area (Å²) in [4.78, 5) is 12.2. The molecule has 0 N–H and O–H groups in total. The molecule has 6 fully saturated rings. The number of carbonyl (C=O) groups excluding carboxylic acids is 1. The molecule has 1 heterocycles. The van der Waals surface area contributed by atoms with Crippen molar-refractivity contribution >= 4 is 5.78 Å². The van der Waals surface area contributed by atoms with Gasteiger partial charge in [-0.1, -0.05) is 12.5 Å². The average molecular weight is 381 g/mol. The van der Waals surface area contributed by atoms with Crippen molar-refractivity contribution in [3.05, 3.63) is 11.6 Å². The fraction of sp³-hybridized carbons (Fsp3) is 0.885. The molecule has 6 aliphatic carbocycles. The van der Waals surface area contributed by atoms with E-state index in [-0.39, 0.29) is 5.60 Å². The number of rotatable bonds is 2. The third kappa shape index (κ3) is 1.93. The Hall–Kier alpha value is -0.630. The number of hydrogen-bond donors (Lipinski definition) is 0. The maximum atomic E-state index is 12.2. The number of fused-ring (bicyclic) bond motifs is 9. The van der Waals surface area contributed by atoms with Gasteiger partial charge in [-0.3, -0.25) is 4.79 Å². The minimum Gasteiger partial charge on any atom is -0.374 e. The number of ether oxygens (including phenoxy) is 1. The van der Waals surface area contributed by atoms with Crippen molar-refractivity contribution in [2.45, 2.75) is 83.2 Å². The molecule has 2 nitrogen and oxygen atoms in total. The van der Waals surface area contributed by atoms with Crippen LogP contribution in [0.3, 0.4) is 0 Å². The maximum Gasteiger partial charge on any atom is 0.155 e. The number of ketones is 1. The third-order valence-corrected chi connectivity index (χ3v) is 11.1. The zero-order valence-electron chi connectivity index (χ0n) is 17.5. The Kier molecular flexibility index (Phi) is 3.38. The molecular formula is C26H36O2. The van der Waals surface area contributed by atoms with Crippen LogP contribution in [0.2, 0.25) is 0 Å². The molecule has 9 atom stereocenters. The largest absolute Gasteiger partial charge is 0.374 e. The molecule has 2 heteroatoms. The van der Waals surface area contributed by atoms with E-state index in [4.69, 9.17) is 4.74 Å². The van der Waals surface area contributed by atoms with E-state index in [1.54, 1.807) is 5.57 Å². The fourth-order valence-electron chi connectivity index (χ4n) is 10.2. The summed E-state index contributed by atoms with van der Waals surface area (Å²) in [5.41, 5.74) is 2.32. The maximum absolute atomic E-state index is 12.2. The van der Waals surface area contributed by atoms with Gasteiger partial charge >= 0.3 is 0 Å². The van der Waals surface area contributed by atoms with Gasteiger partial charge in [0.1, 0.15) is 0 Å². The zero-order chi connectivity index (χ0) is 18.7. The van der Waals surface area contributed by atoms with Gasteiger partial charge in [-0.25, -0.2) is 0 Å². The van der Waals surface area contributed by atoms with Crippen molar-refractivity contribution in [3.8, 4) is 0 Å². The summed E-state index contributed by atoms with van der Waals surface area (Å²) in [6.07, 6.45) is 16.6. The van der Waals surface area contributed by atoms with E-state index in [0.717, 1.165) is 66.8 Å². The summed E-state index contributed by atoms with van der Waals surface area (Å²) in [5, 5.41) is 0. The van der Waals surface area contributed by atoms with Gasteiger partial charge in [-0.05, 0) is 118 Å². The Morgan fingerprint density at radius 3 is 2.75 bits per heavy atom. The first-order valence-corrected chi connectivity index (χ1v) is 12.6. The van der Waals surface area contributed by atoms with Crippen LogP contribution < -0.4 is 0 Å². The van der Waals surface area contributed by atoms with Gasteiger partial charge in [0, 0.05) is 18.4 Å². The molecule has 5 saturated carbocycles. The van der Waals surface area contributed by atoms with Crippen molar-refractivity contribution in [3.63, 3.8) is 0 Å². The average Bonchev–Trinajstić information content (AvgIpc) is 3.64. The highest BCUT2D eigenvalue weighted by atomic mass is 16.5. The Balaban J connectivity index is 1.33. The van der Waals surface area contributed by atoms with Crippen LogP contribution in [-0.4, -0.2) is 18.0 Å². The number of allylic oxidation sites excluding steroid dienone is 1. The second kappa shape index (κ2) is 5.54. The lowest BCUT2D eigenvalue weighted by molar-refractivity contribution is -0.168. The summed E-state index contributed by atoms with van der Waals surface area (Å²) in [7, 11) is 0. The second-order valence-electron chi connectivity index (χ2n) is 11.7. The molecule has 7 aliphatic rings. The molecule has 3 unspecified atom stereocenters. The number of carbonyl (C=O) groups is 1. The summed E-state index contributed by atoms with van der Waals surface area (Å²) in [6, 6.07) is 0. The van der Waals surface area contributed by atoms with Crippen LogP contribution in [0.1, 0.15) is 77.6 Å². The molecule has 0 aromatic heterocycles. The standard InChI is InChI=1S/C26H36O2/c1-2-25-10-8-19-18-7-6-17(27)12-16(18)13-20(15-4-5-15)23(19)24(25)21-14-22(21)26(25)9-3-11-28-26/h12,15,18-24H,2-11,13-14H2,1H3/t18-,19?,20-,21+,22-,23?,24?,25-,26-/m0/s1. The van der Waals surface area contributed by atoms with Gasteiger partial charge in [-0.2, -0.15) is 0 Å². The Morgan fingerprint density at radius 2 is 2.00 bits per heavy atom. The molecule has 0 aromatic carbocycles. The summed E-state index contributed by atoms with van der Waals surface area (Å²) in [5.74, 6) is 7.63. The lowest BCUT2D eigenvalue weighted by Crippen LogP contribution is -2.58. The third-order valence-electron chi connectivity index (χ3n) is 11.1. The van der Waals surface area contributed by atoms with Gasteiger partial charge < -0.3 is 4.74 Å². The van der Waals surface area contributed by atoms with Gasteiger partial charge in [0.05, 0.1) is 5.60 Å². The minimum atomic E-state index is 0.259. The molecule has 28 heavy (non-hydrogen) atoms. The minimum absolute atomic E-state index is 0.259. The molecule has 0 radical (unpaired) electrons. The van der Waals surface area contributed by atoms with E-state index >= 15 is 0 Å². The summed E-state index contributed by atoms with van der Waals surface area (Å²) in [6.45, 7) is 3.52. The SMILES string of the molecule is CC[C@]12CCC3C(C1[C@@H]1C[C@@H]1[C@@]21CCCO1)[C@H](C1CC1)CC1=CC(=O)CC[C@@H]13. The van der Waals surface area contributed by atoms with Gasteiger partial charge in [0.25, 0.3) is 0 Å². The predicted molar refractivity (Wildman–Crippen MR) is 109 cm³/mol. The molecule has 7 rings (SSSR count). The Labute approximate surface area is 169 Å². The van der Waals surface area contributed by atoms with Crippen molar-refractivity contribution in [1.29, 1.82) is 0 Å². The molecule has 1 aliphatic heterocycles. The van der Waals surface area contributed by atoms with E-state index in [0.29, 0.717) is 11.2 Å². The van der Waals surface area contributed by atoms with Crippen molar-refractivity contribution in [1.82, 2.24) is 0 Å². The van der Waals surface area contributed by atoms with Crippen LogP contribution in [0.15, 0.2) is 11.6 Å². The normalized spacial score (nSPS) is 56.7. The van der Waals surface area contributed by atoms with E-state index < -0.39 is 0 Å². The fourth-order valence-corrected chi connectivity index (χ4v) is 10.2. The van der Waals surface area contributed by atoms with Crippen LogP contribution in [0.5, 0.6) is 0 Å². The van der Waals surface area contributed by atoms with Crippen molar-refractivity contribution in [2.75, 3.05) is 6.61 Å². The zero-order valence-corrected chi connectivity index (χ0v) is 17.5. The van der Waals surface area contributed by atoms with Crippen LogP contribution in [0, 0.1) is 52.8 Å². The van der Waals surface area contributed by atoms with Crippen LogP contribution in [0.4, 0.5) is 0 Å². The Morgan fingerprint density at radius 1 is 1.11 bits per heavy atom. The van der Waals surface area contributed by atoms with Gasteiger partial charge in [0.15, 0.2) is 5.78 Å². The highest BCUT2D eigenvalue weighted by molar-refractivity contribution is 5.91. The smallest absolute Gasteiger partial charge is 0.155 e. The lowest BCUT2D eigenvalue weighted by Gasteiger charge is -2.61. The monoisotopic (exact) mass is 380 g/mol. The molecule has 1 spiro atoms. The molecular weight excluding hydrogens is 344 g/mol. The van der Waals surface area contributed by atoms with Gasteiger partial charge in [-0.15, -0.1) is 0 Å². The van der Waals surface area contributed by atoms with Crippen molar-refractivity contribution < 1.29 is 9.53 Å². The molecule has 152 valence electrons. The van der Waals surface area contributed by atoms with E-state index in [9.17, 15) is 4.79 Å². The first-order chi connectivity index (χ1) is 13.7. The molecule has 1 saturated heterocycles. The topological polar surface area (TPSA) is 26.3 Å². The first-order valence-electron chi connectivity index (χ1n) is 12.6. The lowest BCUT2D eigenvalue weighted by atomic mass is 9.45. The summed E-state index contributed by atoms with van der Waals surface area (Å²) >= 11 is 0. The van der Waals surface area contributed by atoms with E-state index in [1.165, 1.54) is 57.8 Å². The van der Waals surface area contributed by atoms with Crippen LogP contribution in [-0.2, 0) is 9.53 Å². The second-order valence-corrected chi connectivity index (χ2v) is 11.7. The van der Waals surface area contributed by atoms with E-state index in [2.05, 4.69) is 13.0 Å².